The summed E-state index contributed by atoms with van der Waals surface area (Å²) in [4.78, 5) is 14.7. The lowest BCUT2D eigenvalue weighted by molar-refractivity contribution is -0.132. The molecule has 0 aliphatic carbocycles. The number of rotatable bonds is 8. The maximum absolute atomic E-state index is 12.9. The molecule has 0 saturated heterocycles. The molecular formula is C20H32N2O2. The Balaban J connectivity index is 2.22. The number of anilines is 1. The minimum absolute atomic E-state index is 0.00765. The first-order chi connectivity index (χ1) is 11.4. The van der Waals surface area contributed by atoms with Crippen molar-refractivity contribution < 1.29 is 9.53 Å². The quantitative estimate of drug-likeness (QED) is 0.709. The molecule has 1 aliphatic rings. The highest BCUT2D eigenvalue weighted by Gasteiger charge is 2.40. The van der Waals surface area contributed by atoms with E-state index in [0.717, 1.165) is 42.8 Å². The molecule has 0 radical (unpaired) electrons. The molecule has 0 spiro atoms. The number of carbonyl (C=O) groups excluding carboxylic acids is 1. The maximum atomic E-state index is 12.9. The van der Waals surface area contributed by atoms with Crippen LogP contribution in [0.15, 0.2) is 18.2 Å². The number of ether oxygens (including phenoxy) is 1. The van der Waals surface area contributed by atoms with Gasteiger partial charge in [-0.1, -0.05) is 45.6 Å². The van der Waals surface area contributed by atoms with E-state index in [4.69, 9.17) is 10.5 Å². The van der Waals surface area contributed by atoms with Crippen molar-refractivity contribution in [1.29, 1.82) is 0 Å². The van der Waals surface area contributed by atoms with Crippen LogP contribution in [-0.2, 0) is 4.79 Å². The summed E-state index contributed by atoms with van der Waals surface area (Å²) in [7, 11) is 0. The number of carbonyl (C=O) groups is 1. The number of fused-ring (bicyclic) bond motifs is 1. The molecule has 0 saturated carbocycles. The molecule has 1 aromatic carbocycles. The van der Waals surface area contributed by atoms with E-state index in [9.17, 15) is 4.79 Å². The molecule has 1 heterocycles. The number of benzene rings is 1. The fraction of sp³-hybridized carbons (Fsp3) is 0.650. The van der Waals surface area contributed by atoms with E-state index in [-0.39, 0.29) is 11.9 Å². The van der Waals surface area contributed by atoms with Crippen molar-refractivity contribution in [3.8, 4) is 5.75 Å². The predicted molar refractivity (Wildman–Crippen MR) is 99.5 cm³/mol. The minimum atomic E-state index is -0.815. The Kier molecular flexibility index (Phi) is 6.27. The van der Waals surface area contributed by atoms with E-state index in [1.54, 1.807) is 0 Å². The van der Waals surface area contributed by atoms with Crippen LogP contribution in [0.2, 0.25) is 0 Å². The number of nitrogens with two attached hydrogens (primary N) is 1. The fourth-order valence-electron chi connectivity index (χ4n) is 3.15. The standard InChI is InChI=1S/C20H32N2O2/c1-5-7-8-9-10-13-22-17-14-15(16(21)6-2)11-12-18(17)24-20(3,4)19(22)23/h11-12,14,16H,5-10,13,21H2,1-4H3. The monoisotopic (exact) mass is 332 g/mol. The van der Waals surface area contributed by atoms with Gasteiger partial charge in [0.25, 0.3) is 5.91 Å². The van der Waals surface area contributed by atoms with E-state index in [0.29, 0.717) is 0 Å². The topological polar surface area (TPSA) is 55.6 Å². The third kappa shape index (κ3) is 4.10. The van der Waals surface area contributed by atoms with Gasteiger partial charge in [0.2, 0.25) is 0 Å². The van der Waals surface area contributed by atoms with Gasteiger partial charge >= 0.3 is 0 Å². The van der Waals surface area contributed by atoms with Crippen molar-refractivity contribution in [2.75, 3.05) is 11.4 Å². The molecule has 0 fully saturated rings. The van der Waals surface area contributed by atoms with Gasteiger partial charge in [-0.05, 0) is 44.4 Å². The number of amides is 1. The van der Waals surface area contributed by atoms with Crippen molar-refractivity contribution in [3.05, 3.63) is 23.8 Å². The summed E-state index contributed by atoms with van der Waals surface area (Å²) in [5.41, 5.74) is 7.29. The van der Waals surface area contributed by atoms with Crippen LogP contribution in [0.3, 0.4) is 0 Å². The first-order valence-electron chi connectivity index (χ1n) is 9.31. The van der Waals surface area contributed by atoms with Gasteiger partial charge in [-0.15, -0.1) is 0 Å². The van der Waals surface area contributed by atoms with Crippen LogP contribution in [0.5, 0.6) is 5.75 Å². The van der Waals surface area contributed by atoms with Crippen LogP contribution in [0.4, 0.5) is 5.69 Å². The molecule has 1 aliphatic heterocycles. The molecule has 134 valence electrons. The van der Waals surface area contributed by atoms with E-state index in [1.165, 1.54) is 19.3 Å². The summed E-state index contributed by atoms with van der Waals surface area (Å²) < 4.78 is 5.94. The van der Waals surface area contributed by atoms with Crippen LogP contribution >= 0.6 is 0 Å². The Morgan fingerprint density at radius 1 is 1.17 bits per heavy atom. The van der Waals surface area contributed by atoms with Gasteiger partial charge in [0.15, 0.2) is 5.60 Å². The second kappa shape index (κ2) is 8.02. The van der Waals surface area contributed by atoms with E-state index in [1.807, 2.05) is 36.9 Å². The number of nitrogens with zero attached hydrogens (tertiary/aromatic N) is 1. The zero-order valence-electron chi connectivity index (χ0n) is 15.6. The molecule has 1 aromatic rings. The minimum Gasteiger partial charge on any atom is -0.476 e. The summed E-state index contributed by atoms with van der Waals surface area (Å²) in [5, 5.41) is 0. The largest absolute Gasteiger partial charge is 0.476 e. The number of unbranched alkanes of at least 4 members (excludes halogenated alkanes) is 4. The summed E-state index contributed by atoms with van der Waals surface area (Å²) in [6.07, 6.45) is 6.76. The van der Waals surface area contributed by atoms with Gasteiger partial charge in [-0.3, -0.25) is 4.79 Å². The Morgan fingerprint density at radius 2 is 1.88 bits per heavy atom. The molecule has 2 rings (SSSR count). The first kappa shape index (κ1) is 18.8. The zero-order chi connectivity index (χ0) is 17.7. The van der Waals surface area contributed by atoms with Crippen LogP contribution in [0.1, 0.15) is 77.8 Å². The first-order valence-corrected chi connectivity index (χ1v) is 9.31. The molecule has 1 amide bonds. The molecule has 24 heavy (non-hydrogen) atoms. The predicted octanol–water partition coefficient (Wildman–Crippen LogP) is 4.57. The van der Waals surface area contributed by atoms with Crippen molar-refractivity contribution in [2.45, 2.75) is 77.9 Å². The highest BCUT2D eigenvalue weighted by Crippen LogP contribution is 2.39. The van der Waals surface area contributed by atoms with Gasteiger partial charge in [0, 0.05) is 12.6 Å². The summed E-state index contributed by atoms with van der Waals surface area (Å²) >= 11 is 0. The lowest BCUT2D eigenvalue weighted by Crippen LogP contribution is -2.52. The van der Waals surface area contributed by atoms with E-state index < -0.39 is 5.60 Å². The van der Waals surface area contributed by atoms with Crippen molar-refractivity contribution in [3.63, 3.8) is 0 Å². The summed E-state index contributed by atoms with van der Waals surface area (Å²) in [6, 6.07) is 5.99. The summed E-state index contributed by atoms with van der Waals surface area (Å²) in [5.74, 6) is 0.813. The molecule has 2 N–H and O–H groups in total. The second-order valence-corrected chi connectivity index (χ2v) is 7.23. The van der Waals surface area contributed by atoms with E-state index >= 15 is 0 Å². The summed E-state index contributed by atoms with van der Waals surface area (Å²) in [6.45, 7) is 8.71. The zero-order valence-corrected chi connectivity index (χ0v) is 15.6. The lowest BCUT2D eigenvalue weighted by Gasteiger charge is -2.39. The lowest BCUT2D eigenvalue weighted by atomic mass is 9.99. The molecule has 0 bridgehead atoms. The third-order valence-electron chi connectivity index (χ3n) is 4.75. The normalized spacial score (nSPS) is 17.4. The average molecular weight is 332 g/mol. The van der Waals surface area contributed by atoms with Crippen LogP contribution < -0.4 is 15.4 Å². The van der Waals surface area contributed by atoms with Gasteiger partial charge in [-0.2, -0.15) is 0 Å². The molecule has 0 aromatic heterocycles. The Hall–Kier alpha value is -1.55. The third-order valence-corrected chi connectivity index (χ3v) is 4.75. The second-order valence-electron chi connectivity index (χ2n) is 7.23. The van der Waals surface area contributed by atoms with Crippen LogP contribution in [0.25, 0.3) is 0 Å². The molecule has 4 heteroatoms. The van der Waals surface area contributed by atoms with Crippen molar-refractivity contribution in [1.82, 2.24) is 0 Å². The van der Waals surface area contributed by atoms with Crippen LogP contribution in [0, 0.1) is 0 Å². The van der Waals surface area contributed by atoms with Gasteiger partial charge in [0.05, 0.1) is 5.69 Å². The highest BCUT2D eigenvalue weighted by atomic mass is 16.5. The Labute approximate surface area is 146 Å². The smallest absolute Gasteiger partial charge is 0.270 e. The van der Waals surface area contributed by atoms with Crippen molar-refractivity contribution in [2.24, 2.45) is 5.73 Å². The molecule has 4 nitrogen and oxygen atoms in total. The maximum Gasteiger partial charge on any atom is 0.270 e. The SMILES string of the molecule is CCCCCCCN1C(=O)C(C)(C)Oc2ccc(C(N)CC)cc21. The van der Waals surface area contributed by atoms with Crippen molar-refractivity contribution >= 4 is 11.6 Å². The molecular weight excluding hydrogens is 300 g/mol. The molecule has 1 unspecified atom stereocenters. The Bertz CT molecular complexity index is 569. The average Bonchev–Trinajstić information content (AvgIpc) is 2.56. The van der Waals surface area contributed by atoms with Gasteiger partial charge in [0.1, 0.15) is 5.75 Å². The fourth-order valence-corrected chi connectivity index (χ4v) is 3.15. The van der Waals surface area contributed by atoms with Gasteiger partial charge < -0.3 is 15.4 Å². The van der Waals surface area contributed by atoms with Gasteiger partial charge in [-0.25, -0.2) is 0 Å². The molecule has 1 atom stereocenters. The number of hydrogen-bond acceptors (Lipinski definition) is 3. The highest BCUT2D eigenvalue weighted by molar-refractivity contribution is 6.02. The van der Waals surface area contributed by atoms with E-state index in [2.05, 4.69) is 13.8 Å². The van der Waals surface area contributed by atoms with Crippen LogP contribution in [-0.4, -0.2) is 18.1 Å². The number of hydrogen-bond donors (Lipinski definition) is 1. The Morgan fingerprint density at radius 3 is 2.54 bits per heavy atom.